The highest BCUT2D eigenvalue weighted by Crippen LogP contribution is 2.41. The largest absolute Gasteiger partial charge is 0.495 e. The summed E-state index contributed by atoms with van der Waals surface area (Å²) < 4.78 is 21.6. The van der Waals surface area contributed by atoms with Crippen LogP contribution in [-0.4, -0.2) is 45.2 Å². The number of anilines is 1. The van der Waals surface area contributed by atoms with Crippen LogP contribution >= 0.6 is 23.2 Å². The third kappa shape index (κ3) is 6.72. The molecule has 0 aromatic heterocycles. The van der Waals surface area contributed by atoms with Crippen molar-refractivity contribution in [2.75, 3.05) is 32.8 Å². The lowest BCUT2D eigenvalue weighted by Crippen LogP contribution is -2.32. The lowest BCUT2D eigenvalue weighted by Gasteiger charge is -2.15. The molecule has 0 heterocycles. The molecule has 0 saturated carbocycles. The first kappa shape index (κ1) is 26.2. The highest BCUT2D eigenvalue weighted by molar-refractivity contribution is 6.32. The Morgan fingerprint density at radius 2 is 1.52 bits per heavy atom. The number of carbonyl (C=O) groups excluding carboxylic acids is 2. The van der Waals surface area contributed by atoms with Gasteiger partial charge in [0.15, 0.2) is 23.0 Å². The van der Waals surface area contributed by atoms with Crippen molar-refractivity contribution in [3.63, 3.8) is 0 Å². The smallest absolute Gasteiger partial charge is 0.258 e. The van der Waals surface area contributed by atoms with Gasteiger partial charge in [-0.15, -0.1) is 5.11 Å². The number of nitrogens with zero attached hydrogens (tertiary/aromatic N) is 2. The van der Waals surface area contributed by atoms with Crippen LogP contribution in [0.2, 0.25) is 10.0 Å². The van der Waals surface area contributed by atoms with Crippen LogP contribution in [0.5, 0.6) is 23.0 Å². The number of methoxy groups -OCH3 is 2. The Hall–Kier alpha value is -3.04. The van der Waals surface area contributed by atoms with E-state index in [0.717, 1.165) is 0 Å². The predicted octanol–water partition coefficient (Wildman–Crippen LogP) is 5.49. The minimum absolute atomic E-state index is 0.216. The van der Waals surface area contributed by atoms with Crippen molar-refractivity contribution in [3.05, 3.63) is 34.3 Å². The molecule has 0 fully saturated rings. The first-order valence-corrected chi connectivity index (χ1v) is 10.7. The lowest BCUT2D eigenvalue weighted by atomic mass is 10.2. The lowest BCUT2D eigenvalue weighted by molar-refractivity contribution is -0.126. The van der Waals surface area contributed by atoms with Crippen molar-refractivity contribution in [2.45, 2.75) is 26.8 Å². The molecule has 0 radical (unpaired) electrons. The number of amides is 1. The van der Waals surface area contributed by atoms with Gasteiger partial charge in [-0.2, -0.15) is 5.11 Å². The summed E-state index contributed by atoms with van der Waals surface area (Å²) in [5.41, 5.74) is 0.467. The standard InChI is InChI=1S/C22H25Cl2N3O6/c1-6-32-18-8-13(23)9-19(33-7-2)21(18)27-26-20(12(3)28)22(29)25-15-11-16(30-4)14(24)10-17(15)31-5/h8-11,20H,6-7H2,1-5H3,(H,25,29). The Balaban J connectivity index is 2.41. The van der Waals surface area contributed by atoms with Gasteiger partial charge in [-0.1, -0.05) is 23.2 Å². The molecule has 0 spiro atoms. The van der Waals surface area contributed by atoms with E-state index in [-0.39, 0.29) is 17.1 Å². The number of hydrogen-bond donors (Lipinski definition) is 1. The van der Waals surface area contributed by atoms with Gasteiger partial charge in [0.1, 0.15) is 11.5 Å². The molecule has 1 amide bonds. The van der Waals surface area contributed by atoms with Gasteiger partial charge in [-0.25, -0.2) is 0 Å². The van der Waals surface area contributed by atoms with E-state index >= 15 is 0 Å². The quantitative estimate of drug-likeness (QED) is 0.324. The summed E-state index contributed by atoms with van der Waals surface area (Å²) in [6.45, 7) is 5.49. The van der Waals surface area contributed by atoms with Crippen LogP contribution in [0.3, 0.4) is 0 Å². The molecule has 0 aliphatic rings. The van der Waals surface area contributed by atoms with Crippen LogP contribution in [0.4, 0.5) is 11.4 Å². The monoisotopic (exact) mass is 497 g/mol. The minimum atomic E-state index is -1.45. The molecule has 1 unspecified atom stereocenters. The molecular weight excluding hydrogens is 473 g/mol. The number of carbonyl (C=O) groups is 2. The van der Waals surface area contributed by atoms with E-state index in [4.69, 9.17) is 42.1 Å². The van der Waals surface area contributed by atoms with Gasteiger partial charge < -0.3 is 24.3 Å². The van der Waals surface area contributed by atoms with Crippen molar-refractivity contribution >= 4 is 46.3 Å². The molecule has 9 nitrogen and oxygen atoms in total. The zero-order valence-corrected chi connectivity index (χ0v) is 20.4. The summed E-state index contributed by atoms with van der Waals surface area (Å²) in [6, 6.07) is 4.62. The summed E-state index contributed by atoms with van der Waals surface area (Å²) in [5.74, 6) is -0.0335. The zero-order chi connectivity index (χ0) is 24.5. The van der Waals surface area contributed by atoms with Crippen molar-refractivity contribution < 1.29 is 28.5 Å². The Labute approximate surface area is 202 Å². The first-order valence-electron chi connectivity index (χ1n) is 9.98. The number of nitrogens with one attached hydrogen (secondary N) is 1. The van der Waals surface area contributed by atoms with Crippen LogP contribution < -0.4 is 24.3 Å². The number of Topliss-reactive ketones (excluding diaryl/α,β-unsaturated/α-hetero) is 1. The Kier molecular flexibility index (Phi) is 9.74. The maximum absolute atomic E-state index is 12.9. The summed E-state index contributed by atoms with van der Waals surface area (Å²) in [5, 5.41) is 11.4. The van der Waals surface area contributed by atoms with E-state index in [2.05, 4.69) is 15.5 Å². The molecule has 2 rings (SSSR count). The summed E-state index contributed by atoms with van der Waals surface area (Å²) >= 11 is 12.2. The van der Waals surface area contributed by atoms with E-state index < -0.39 is 17.7 Å². The van der Waals surface area contributed by atoms with Crippen LogP contribution in [0.15, 0.2) is 34.5 Å². The SMILES string of the molecule is CCOc1cc(Cl)cc(OCC)c1N=NC(C(C)=O)C(=O)Nc1cc(OC)c(Cl)cc1OC. The molecule has 2 aromatic rings. The number of benzene rings is 2. The fourth-order valence-corrected chi connectivity index (χ4v) is 3.20. The maximum Gasteiger partial charge on any atom is 0.258 e. The van der Waals surface area contributed by atoms with E-state index in [1.165, 1.54) is 33.3 Å². The molecule has 0 saturated heterocycles. The fourth-order valence-electron chi connectivity index (χ4n) is 2.77. The normalized spacial score (nSPS) is 11.7. The number of ketones is 1. The Morgan fingerprint density at radius 3 is 2.00 bits per heavy atom. The number of azo groups is 1. The number of hydrogen-bond acceptors (Lipinski definition) is 8. The second-order valence-electron chi connectivity index (χ2n) is 6.52. The highest BCUT2D eigenvalue weighted by atomic mass is 35.5. The number of halogens is 2. The third-order valence-electron chi connectivity index (χ3n) is 4.24. The van der Waals surface area contributed by atoms with E-state index in [9.17, 15) is 9.59 Å². The van der Waals surface area contributed by atoms with Gasteiger partial charge in [0.05, 0.1) is 38.1 Å². The van der Waals surface area contributed by atoms with E-state index in [0.29, 0.717) is 40.5 Å². The Bertz CT molecular complexity index is 1020. The number of ether oxygens (including phenoxy) is 4. The van der Waals surface area contributed by atoms with Crippen molar-refractivity contribution in [1.82, 2.24) is 0 Å². The van der Waals surface area contributed by atoms with Crippen LogP contribution in [-0.2, 0) is 9.59 Å². The molecule has 33 heavy (non-hydrogen) atoms. The second kappa shape index (κ2) is 12.3. The summed E-state index contributed by atoms with van der Waals surface area (Å²) in [4.78, 5) is 25.1. The first-order chi connectivity index (χ1) is 15.7. The molecule has 0 aliphatic carbocycles. The highest BCUT2D eigenvalue weighted by Gasteiger charge is 2.25. The zero-order valence-electron chi connectivity index (χ0n) is 18.9. The minimum Gasteiger partial charge on any atom is -0.495 e. The molecule has 0 bridgehead atoms. The maximum atomic E-state index is 12.9. The summed E-state index contributed by atoms with van der Waals surface area (Å²) in [6.07, 6.45) is 0. The molecule has 0 aliphatic heterocycles. The van der Waals surface area contributed by atoms with Gasteiger partial charge in [0.2, 0.25) is 6.04 Å². The van der Waals surface area contributed by atoms with Crippen LogP contribution in [0, 0.1) is 0 Å². The topological polar surface area (TPSA) is 108 Å². The van der Waals surface area contributed by atoms with Gasteiger partial charge in [-0.05, 0) is 20.8 Å². The van der Waals surface area contributed by atoms with Gasteiger partial charge in [0, 0.05) is 29.3 Å². The van der Waals surface area contributed by atoms with Crippen molar-refractivity contribution in [1.29, 1.82) is 0 Å². The molecule has 2 aromatic carbocycles. The van der Waals surface area contributed by atoms with E-state index in [1.54, 1.807) is 26.0 Å². The predicted molar refractivity (Wildman–Crippen MR) is 126 cm³/mol. The van der Waals surface area contributed by atoms with Crippen molar-refractivity contribution in [2.24, 2.45) is 10.2 Å². The third-order valence-corrected chi connectivity index (χ3v) is 4.76. The molecule has 1 atom stereocenters. The van der Waals surface area contributed by atoms with E-state index in [1.807, 2.05) is 0 Å². The molecule has 1 N–H and O–H groups in total. The van der Waals surface area contributed by atoms with Gasteiger partial charge in [0.25, 0.3) is 5.91 Å². The molecule has 11 heteroatoms. The molecule has 178 valence electrons. The average molecular weight is 498 g/mol. The Morgan fingerprint density at radius 1 is 0.939 bits per heavy atom. The number of rotatable bonds is 11. The fraction of sp³-hybridized carbons (Fsp3) is 0.364. The molecular formula is C22H25Cl2N3O6. The second-order valence-corrected chi connectivity index (χ2v) is 7.37. The van der Waals surface area contributed by atoms with Crippen LogP contribution in [0.25, 0.3) is 0 Å². The van der Waals surface area contributed by atoms with Crippen LogP contribution in [0.1, 0.15) is 20.8 Å². The van der Waals surface area contributed by atoms with Crippen molar-refractivity contribution in [3.8, 4) is 23.0 Å². The summed E-state index contributed by atoms with van der Waals surface area (Å²) in [7, 11) is 2.85. The van der Waals surface area contributed by atoms with Gasteiger partial charge >= 0.3 is 0 Å². The average Bonchev–Trinajstić information content (AvgIpc) is 2.76. The van der Waals surface area contributed by atoms with Gasteiger partial charge in [-0.3, -0.25) is 9.59 Å².